The Kier molecular flexibility index (Phi) is 7.69. The first-order valence-corrected chi connectivity index (χ1v) is 10.4. The summed E-state index contributed by atoms with van der Waals surface area (Å²) in [6.45, 7) is 0. The van der Waals surface area contributed by atoms with E-state index in [4.69, 9.17) is 10.5 Å². The van der Waals surface area contributed by atoms with Crippen LogP contribution in [0.2, 0.25) is 0 Å². The smallest absolute Gasteiger partial charge is 0.335 e. The zero-order valence-electron chi connectivity index (χ0n) is 16.0. The van der Waals surface area contributed by atoms with Crippen molar-refractivity contribution in [2.45, 2.75) is 24.9 Å². The van der Waals surface area contributed by atoms with Crippen LogP contribution in [0, 0.1) is 11.3 Å². The van der Waals surface area contributed by atoms with Gasteiger partial charge >= 0.3 is 5.97 Å². The topological polar surface area (TPSA) is 106 Å². The van der Waals surface area contributed by atoms with Gasteiger partial charge in [-0.15, -0.1) is 0 Å². The minimum Gasteiger partial charge on any atom is -0.478 e. The van der Waals surface area contributed by atoms with Crippen LogP contribution in [0.5, 0.6) is 0 Å². The van der Waals surface area contributed by atoms with Crippen molar-refractivity contribution in [1.29, 1.82) is 5.41 Å². The predicted molar refractivity (Wildman–Crippen MR) is 111 cm³/mol. The molecule has 2 aromatic rings. The Morgan fingerprint density at radius 3 is 2.41 bits per heavy atom. The highest BCUT2D eigenvalue weighted by molar-refractivity contribution is 7.97. The van der Waals surface area contributed by atoms with Crippen molar-refractivity contribution >= 4 is 35.5 Å². The average molecular weight is 423 g/mol. The van der Waals surface area contributed by atoms with Gasteiger partial charge in [0.2, 0.25) is 5.92 Å². The summed E-state index contributed by atoms with van der Waals surface area (Å²) >= 11 is 1.75. The molecule has 1 saturated carbocycles. The fraction of sp³-hybridized carbons (Fsp3) is 0.350. The molecule has 0 amide bonds. The van der Waals surface area contributed by atoms with Crippen LogP contribution in [-0.4, -0.2) is 45.8 Å². The summed E-state index contributed by atoms with van der Waals surface area (Å²) in [4.78, 5) is 15.0. The third-order valence-corrected chi connectivity index (χ3v) is 4.40. The largest absolute Gasteiger partial charge is 0.478 e. The summed E-state index contributed by atoms with van der Waals surface area (Å²) in [5.74, 6) is -3.92. The van der Waals surface area contributed by atoms with Crippen molar-refractivity contribution in [3.8, 4) is 0 Å². The summed E-state index contributed by atoms with van der Waals surface area (Å²) in [6.07, 6.45) is 4.76. The molecule has 29 heavy (non-hydrogen) atoms. The van der Waals surface area contributed by atoms with Gasteiger partial charge in [-0.2, -0.15) is 11.8 Å². The molecule has 1 aliphatic carbocycles. The predicted octanol–water partition coefficient (Wildman–Crippen LogP) is 4.58. The monoisotopic (exact) mass is 423 g/mol. The van der Waals surface area contributed by atoms with Crippen molar-refractivity contribution in [3.05, 3.63) is 53.2 Å². The van der Waals surface area contributed by atoms with Gasteiger partial charge in [-0.05, 0) is 48.4 Å². The number of aliphatic hydroxyl groups is 1. The van der Waals surface area contributed by atoms with Crippen LogP contribution in [-0.2, 0) is 0 Å². The fourth-order valence-electron chi connectivity index (χ4n) is 2.91. The van der Waals surface area contributed by atoms with E-state index in [1.165, 1.54) is 24.4 Å². The number of benzene rings is 1. The molecule has 3 rings (SSSR count). The molecule has 6 nitrogen and oxygen atoms in total. The van der Waals surface area contributed by atoms with Crippen LogP contribution in [0.3, 0.4) is 0 Å². The van der Waals surface area contributed by atoms with E-state index in [9.17, 15) is 18.7 Å². The molecule has 1 aromatic heterocycles. The zero-order valence-corrected chi connectivity index (χ0v) is 16.8. The van der Waals surface area contributed by atoms with Gasteiger partial charge in [0.15, 0.2) is 0 Å². The lowest BCUT2D eigenvalue weighted by Gasteiger charge is -2.38. The minimum absolute atomic E-state index is 0.145. The average Bonchev–Trinajstić information content (AvgIpc) is 2.67. The third-order valence-electron chi connectivity index (χ3n) is 4.40. The van der Waals surface area contributed by atoms with E-state index in [-0.39, 0.29) is 18.4 Å². The van der Waals surface area contributed by atoms with Crippen molar-refractivity contribution < 1.29 is 23.8 Å². The highest BCUT2D eigenvalue weighted by atomic mass is 32.2. The van der Waals surface area contributed by atoms with E-state index in [0.29, 0.717) is 22.6 Å². The molecule has 0 radical (unpaired) electrons. The number of nitrogens with one attached hydrogen (secondary N) is 2. The van der Waals surface area contributed by atoms with Crippen molar-refractivity contribution in [3.63, 3.8) is 0 Å². The number of hydrogen-bond acceptors (Lipinski definition) is 6. The highest BCUT2D eigenvalue weighted by Gasteiger charge is 2.48. The number of pyridine rings is 1. The Hall–Kier alpha value is -2.52. The maximum atomic E-state index is 13.0. The molecule has 0 bridgehead atoms. The number of nitrogens with zero attached hydrogens (tertiary/aromatic N) is 1. The highest BCUT2D eigenvalue weighted by Crippen LogP contribution is 2.48. The van der Waals surface area contributed by atoms with E-state index in [2.05, 4.69) is 10.3 Å². The first-order chi connectivity index (χ1) is 13.7. The second-order valence-electron chi connectivity index (χ2n) is 6.74. The molecule has 1 heterocycles. The van der Waals surface area contributed by atoms with Crippen LogP contribution in [0.1, 0.15) is 40.4 Å². The zero-order chi connectivity index (χ0) is 21.6. The standard InChI is InChI=1S/C18H17F2N3O3.C2H6S/c19-18(20)6-13(7-18)15(24)12-5-11(8-21)16(22-9-12)23-14-3-1-10(2-4-14)17(25)26;1-3-2/h1-5,8-9,13,15,21,24H,6-7H2,(H,22,23)(H,25,26);1-2H3. The SMILES string of the molecule is CSC.N=Cc1cc(C(O)C2CC(F)(F)C2)cnc1Nc1ccc(C(=O)O)cc1. The second-order valence-corrected chi connectivity index (χ2v) is 7.55. The lowest BCUT2D eigenvalue weighted by atomic mass is 9.76. The minimum atomic E-state index is -2.72. The number of aromatic carboxylic acids is 1. The first-order valence-electron chi connectivity index (χ1n) is 8.77. The van der Waals surface area contributed by atoms with Crippen LogP contribution >= 0.6 is 11.8 Å². The number of alkyl halides is 2. The Morgan fingerprint density at radius 1 is 1.34 bits per heavy atom. The Labute approximate surface area is 171 Å². The molecular formula is C20H23F2N3O3S. The molecule has 156 valence electrons. The van der Waals surface area contributed by atoms with Gasteiger partial charge in [0.1, 0.15) is 5.82 Å². The molecule has 1 unspecified atom stereocenters. The van der Waals surface area contributed by atoms with Crippen LogP contribution < -0.4 is 5.32 Å². The number of rotatable bonds is 6. The van der Waals surface area contributed by atoms with Crippen LogP contribution in [0.4, 0.5) is 20.3 Å². The summed E-state index contributed by atoms with van der Waals surface area (Å²) in [5.41, 5.74) is 1.50. The second kappa shape index (κ2) is 9.80. The number of carboxylic acid groups (broad SMARTS) is 1. The molecule has 0 spiro atoms. The van der Waals surface area contributed by atoms with Gasteiger partial charge in [-0.25, -0.2) is 18.6 Å². The van der Waals surface area contributed by atoms with Crippen LogP contribution in [0.25, 0.3) is 0 Å². The number of aliphatic hydroxyl groups excluding tert-OH is 1. The molecule has 1 aliphatic rings. The van der Waals surface area contributed by atoms with E-state index in [0.717, 1.165) is 6.21 Å². The number of aromatic nitrogens is 1. The van der Waals surface area contributed by atoms with Gasteiger partial charge in [-0.1, -0.05) is 0 Å². The molecule has 0 aliphatic heterocycles. The summed E-state index contributed by atoms with van der Waals surface area (Å²) < 4.78 is 26.0. The maximum absolute atomic E-state index is 13.0. The first kappa shape index (κ1) is 22.8. The van der Waals surface area contributed by atoms with Gasteiger partial charge in [0.05, 0.1) is 11.7 Å². The molecule has 9 heteroatoms. The quantitative estimate of drug-likeness (QED) is 0.507. The van der Waals surface area contributed by atoms with E-state index in [1.807, 2.05) is 12.5 Å². The Morgan fingerprint density at radius 2 is 1.93 bits per heavy atom. The molecule has 1 aromatic carbocycles. The molecule has 1 fully saturated rings. The van der Waals surface area contributed by atoms with E-state index < -0.39 is 23.9 Å². The summed E-state index contributed by atoms with van der Waals surface area (Å²) in [7, 11) is 0. The van der Waals surface area contributed by atoms with E-state index >= 15 is 0 Å². The van der Waals surface area contributed by atoms with Crippen molar-refractivity contribution in [2.75, 3.05) is 17.8 Å². The number of halogens is 2. The molecular weight excluding hydrogens is 400 g/mol. The van der Waals surface area contributed by atoms with Gasteiger partial charge < -0.3 is 20.9 Å². The third kappa shape index (κ3) is 5.98. The number of thioether (sulfide) groups is 1. The number of anilines is 2. The lowest BCUT2D eigenvalue weighted by Crippen LogP contribution is -2.38. The van der Waals surface area contributed by atoms with Crippen molar-refractivity contribution in [1.82, 2.24) is 4.98 Å². The van der Waals surface area contributed by atoms with Gasteiger partial charge in [-0.3, -0.25) is 0 Å². The fourth-order valence-corrected chi connectivity index (χ4v) is 2.91. The molecule has 0 saturated heterocycles. The molecule has 4 N–H and O–H groups in total. The van der Waals surface area contributed by atoms with Crippen LogP contribution in [0.15, 0.2) is 36.5 Å². The Balaban J connectivity index is 0.000000941. The maximum Gasteiger partial charge on any atom is 0.335 e. The number of carboxylic acids is 1. The van der Waals surface area contributed by atoms with E-state index in [1.54, 1.807) is 23.9 Å². The van der Waals surface area contributed by atoms with Gasteiger partial charge in [0.25, 0.3) is 0 Å². The number of hydrogen-bond donors (Lipinski definition) is 4. The lowest BCUT2D eigenvalue weighted by molar-refractivity contribution is -0.142. The molecule has 1 atom stereocenters. The Bertz CT molecular complexity index is 855. The normalized spacial score (nSPS) is 16.0. The van der Waals surface area contributed by atoms with Gasteiger partial charge in [0, 0.05) is 42.4 Å². The summed E-state index contributed by atoms with van der Waals surface area (Å²) in [6, 6.07) is 7.54. The van der Waals surface area contributed by atoms with Crippen molar-refractivity contribution in [2.24, 2.45) is 5.92 Å². The summed E-state index contributed by atoms with van der Waals surface area (Å²) in [5, 5.41) is 29.6. The number of carbonyl (C=O) groups is 1.